The molecule has 0 aromatic rings. The number of rotatable bonds is 33. The molecule has 3 unspecified atom stereocenters. The Morgan fingerprint density at radius 3 is 1.35 bits per heavy atom. The van der Waals surface area contributed by atoms with Crippen LogP contribution in [0.25, 0.3) is 0 Å². The summed E-state index contributed by atoms with van der Waals surface area (Å²) in [6.45, 7) is 4.15. The zero-order chi connectivity index (χ0) is 31.6. The summed E-state index contributed by atoms with van der Waals surface area (Å²) in [4.78, 5) is 12.4. The Bertz CT molecular complexity index is 635. The van der Waals surface area contributed by atoms with Gasteiger partial charge in [-0.05, 0) is 44.9 Å². The van der Waals surface area contributed by atoms with E-state index in [2.05, 4.69) is 31.3 Å². The summed E-state index contributed by atoms with van der Waals surface area (Å²) in [6.07, 6.45) is 39.0. The van der Waals surface area contributed by atoms with Crippen molar-refractivity contribution in [2.45, 2.75) is 205 Å². The average Bonchev–Trinajstić information content (AvgIpc) is 3.01. The maximum atomic E-state index is 12.4. The third kappa shape index (κ3) is 29.3. The van der Waals surface area contributed by atoms with E-state index in [0.29, 0.717) is 6.42 Å². The summed E-state index contributed by atoms with van der Waals surface area (Å²) in [5.74, 6) is -0.510. The SMILES string of the molecule is CCCCCCCC/C=C\CCCCCCCCC(O)C(=O)NC(CO)C(O)/C=C/CCCCCCCCCCCCC. The molecule has 3 atom stereocenters. The predicted molar refractivity (Wildman–Crippen MR) is 185 cm³/mol. The van der Waals surface area contributed by atoms with Crippen molar-refractivity contribution in [2.24, 2.45) is 0 Å². The Morgan fingerprint density at radius 2 is 0.930 bits per heavy atom. The van der Waals surface area contributed by atoms with E-state index in [4.69, 9.17) is 0 Å². The first kappa shape index (κ1) is 41.8. The molecule has 0 radical (unpaired) electrons. The number of carbonyl (C=O) groups excluding carboxylic acids is 1. The fourth-order valence-electron chi connectivity index (χ4n) is 5.53. The van der Waals surface area contributed by atoms with E-state index in [0.717, 1.165) is 32.1 Å². The number of carbonyl (C=O) groups is 1. The molecule has 0 fully saturated rings. The van der Waals surface area contributed by atoms with Gasteiger partial charge in [0.05, 0.1) is 18.8 Å². The van der Waals surface area contributed by atoms with Crippen molar-refractivity contribution in [3.8, 4) is 0 Å². The molecule has 254 valence electrons. The molecule has 0 aromatic carbocycles. The first-order valence-corrected chi connectivity index (χ1v) is 18.7. The van der Waals surface area contributed by atoms with Crippen molar-refractivity contribution in [3.05, 3.63) is 24.3 Å². The summed E-state index contributed by atoms with van der Waals surface area (Å²) >= 11 is 0. The fraction of sp³-hybridized carbons (Fsp3) is 0.868. The minimum absolute atomic E-state index is 0.364. The molecule has 0 aliphatic heterocycles. The van der Waals surface area contributed by atoms with E-state index in [-0.39, 0.29) is 6.61 Å². The van der Waals surface area contributed by atoms with Crippen LogP contribution in [0.4, 0.5) is 0 Å². The Kier molecular flexibility index (Phi) is 32.8. The smallest absolute Gasteiger partial charge is 0.249 e. The molecular weight excluding hydrogens is 534 g/mol. The van der Waals surface area contributed by atoms with Gasteiger partial charge < -0.3 is 20.6 Å². The highest BCUT2D eigenvalue weighted by Gasteiger charge is 2.22. The van der Waals surface area contributed by atoms with Crippen molar-refractivity contribution in [3.63, 3.8) is 0 Å². The quantitative estimate of drug-likeness (QED) is 0.0441. The molecule has 5 heteroatoms. The van der Waals surface area contributed by atoms with E-state index in [1.807, 2.05) is 6.08 Å². The van der Waals surface area contributed by atoms with Gasteiger partial charge in [-0.1, -0.05) is 167 Å². The van der Waals surface area contributed by atoms with Crippen LogP contribution in [0.15, 0.2) is 24.3 Å². The molecule has 5 nitrogen and oxygen atoms in total. The summed E-state index contributed by atoms with van der Waals surface area (Å²) in [6, 6.07) is -0.796. The summed E-state index contributed by atoms with van der Waals surface area (Å²) in [5, 5.41) is 32.9. The molecule has 0 heterocycles. The van der Waals surface area contributed by atoms with Gasteiger partial charge in [0.25, 0.3) is 0 Å². The number of allylic oxidation sites excluding steroid dienone is 3. The Morgan fingerprint density at radius 1 is 0.558 bits per heavy atom. The van der Waals surface area contributed by atoms with Gasteiger partial charge in [0.15, 0.2) is 0 Å². The van der Waals surface area contributed by atoms with Crippen LogP contribution in [0.3, 0.4) is 0 Å². The second kappa shape index (κ2) is 33.7. The Hall–Kier alpha value is -1.17. The monoisotopic (exact) mass is 608 g/mol. The van der Waals surface area contributed by atoms with Crippen molar-refractivity contribution in [1.29, 1.82) is 0 Å². The van der Waals surface area contributed by atoms with Crippen LogP contribution in [-0.2, 0) is 4.79 Å². The van der Waals surface area contributed by atoms with Crippen LogP contribution >= 0.6 is 0 Å². The average molecular weight is 608 g/mol. The number of hydrogen-bond acceptors (Lipinski definition) is 4. The summed E-state index contributed by atoms with van der Waals surface area (Å²) in [5.41, 5.74) is 0. The van der Waals surface area contributed by atoms with Gasteiger partial charge in [-0.2, -0.15) is 0 Å². The van der Waals surface area contributed by atoms with Crippen LogP contribution in [-0.4, -0.2) is 46.1 Å². The maximum Gasteiger partial charge on any atom is 0.249 e. The molecule has 0 aromatic heterocycles. The molecular formula is C38H73NO4. The van der Waals surface area contributed by atoms with Crippen molar-refractivity contribution < 1.29 is 20.1 Å². The highest BCUT2D eigenvalue weighted by Crippen LogP contribution is 2.14. The number of unbranched alkanes of at least 4 members (excludes halogenated alkanes) is 23. The highest BCUT2D eigenvalue weighted by molar-refractivity contribution is 5.80. The second-order valence-corrected chi connectivity index (χ2v) is 12.8. The zero-order valence-electron chi connectivity index (χ0n) is 28.6. The maximum absolute atomic E-state index is 12.4. The number of nitrogens with one attached hydrogen (secondary N) is 1. The van der Waals surface area contributed by atoms with E-state index in [1.165, 1.54) is 135 Å². The lowest BCUT2D eigenvalue weighted by molar-refractivity contribution is -0.131. The van der Waals surface area contributed by atoms with Crippen molar-refractivity contribution >= 4 is 5.91 Å². The number of hydrogen-bond donors (Lipinski definition) is 4. The van der Waals surface area contributed by atoms with Gasteiger partial charge in [-0.3, -0.25) is 4.79 Å². The Labute approximate surface area is 267 Å². The fourth-order valence-corrected chi connectivity index (χ4v) is 5.53. The standard InChI is InChI=1S/C38H73NO4/c1-3-5-7-9-11-13-15-17-18-19-21-23-25-27-29-31-33-37(42)38(43)39-35(34-40)36(41)32-30-28-26-24-22-20-16-14-12-10-8-6-4-2/h17-18,30,32,35-37,40-42H,3-16,19-29,31,33-34H2,1-2H3,(H,39,43)/b18-17-,32-30+. The molecule has 0 saturated heterocycles. The van der Waals surface area contributed by atoms with E-state index in [1.54, 1.807) is 6.08 Å². The summed E-state index contributed by atoms with van der Waals surface area (Å²) < 4.78 is 0. The number of aliphatic hydroxyl groups excluding tert-OH is 3. The van der Waals surface area contributed by atoms with E-state index in [9.17, 15) is 20.1 Å². The van der Waals surface area contributed by atoms with Gasteiger partial charge in [-0.15, -0.1) is 0 Å². The molecule has 0 bridgehead atoms. The lowest BCUT2D eigenvalue weighted by atomic mass is 10.0. The van der Waals surface area contributed by atoms with Gasteiger partial charge in [-0.25, -0.2) is 0 Å². The van der Waals surface area contributed by atoms with Crippen molar-refractivity contribution in [2.75, 3.05) is 6.61 Å². The third-order valence-corrected chi connectivity index (χ3v) is 8.54. The zero-order valence-corrected chi connectivity index (χ0v) is 28.6. The van der Waals surface area contributed by atoms with Crippen LogP contribution in [0.5, 0.6) is 0 Å². The Balaban J connectivity index is 3.75. The topological polar surface area (TPSA) is 89.8 Å². The molecule has 0 saturated carbocycles. The highest BCUT2D eigenvalue weighted by atomic mass is 16.3. The first-order valence-electron chi connectivity index (χ1n) is 18.7. The van der Waals surface area contributed by atoms with Crippen LogP contribution in [0, 0.1) is 0 Å². The number of aliphatic hydroxyl groups is 3. The number of amides is 1. The normalized spacial score (nSPS) is 14.1. The van der Waals surface area contributed by atoms with Gasteiger partial charge in [0.2, 0.25) is 5.91 Å². The first-order chi connectivity index (χ1) is 21.1. The van der Waals surface area contributed by atoms with Gasteiger partial charge in [0.1, 0.15) is 6.10 Å². The molecule has 4 N–H and O–H groups in total. The van der Waals surface area contributed by atoms with Crippen LogP contribution < -0.4 is 5.32 Å². The molecule has 0 aliphatic rings. The van der Waals surface area contributed by atoms with Crippen LogP contribution in [0.1, 0.15) is 187 Å². The minimum atomic E-state index is -1.10. The van der Waals surface area contributed by atoms with E-state index < -0.39 is 24.2 Å². The van der Waals surface area contributed by atoms with Crippen molar-refractivity contribution in [1.82, 2.24) is 5.32 Å². The predicted octanol–water partition coefficient (Wildman–Crippen LogP) is 9.87. The molecule has 0 aliphatic carbocycles. The van der Waals surface area contributed by atoms with E-state index >= 15 is 0 Å². The van der Waals surface area contributed by atoms with Gasteiger partial charge >= 0.3 is 0 Å². The lowest BCUT2D eigenvalue weighted by Crippen LogP contribution is -2.48. The van der Waals surface area contributed by atoms with Gasteiger partial charge in [0, 0.05) is 0 Å². The molecule has 0 spiro atoms. The molecule has 1 amide bonds. The third-order valence-electron chi connectivity index (χ3n) is 8.54. The largest absolute Gasteiger partial charge is 0.394 e. The minimum Gasteiger partial charge on any atom is -0.394 e. The molecule has 43 heavy (non-hydrogen) atoms. The lowest BCUT2D eigenvalue weighted by Gasteiger charge is -2.21. The van der Waals surface area contributed by atoms with Crippen LogP contribution in [0.2, 0.25) is 0 Å². The molecule has 0 rings (SSSR count). The second-order valence-electron chi connectivity index (χ2n) is 12.8. The summed E-state index contributed by atoms with van der Waals surface area (Å²) in [7, 11) is 0.